The number of nitrogens with zero attached hydrogens (tertiary/aromatic N) is 1. The van der Waals surface area contributed by atoms with E-state index in [1.165, 1.54) is 24.3 Å². The number of benzene rings is 2. The van der Waals surface area contributed by atoms with E-state index in [0.29, 0.717) is 37.2 Å². The Kier molecular flexibility index (Phi) is 8.08. The quantitative estimate of drug-likeness (QED) is 0.222. The summed E-state index contributed by atoms with van der Waals surface area (Å²) in [6, 6.07) is 17.8. The number of rotatable bonds is 5. The first-order chi connectivity index (χ1) is 24.5. The number of hydrogen-bond donors (Lipinski definition) is 1. The molecule has 0 amide bonds. The Morgan fingerprint density at radius 3 is 2.57 bits per heavy atom. The van der Waals surface area contributed by atoms with Gasteiger partial charge >= 0.3 is 11.6 Å². The largest absolute Gasteiger partial charge is 0.496 e. The smallest absolute Gasteiger partial charge is 0.345 e. The van der Waals surface area contributed by atoms with Crippen LogP contribution in [0, 0.1) is 28.5 Å². The van der Waals surface area contributed by atoms with Crippen LogP contribution in [0.25, 0.3) is 11.3 Å². The standard InChI is InChI=1S/C40H40FNO9/c1-38-16-15-30-39(2,21-47-37(50-30)25-9-5-6-10-26(25)46-4)29(38)19-31(49-35(44)22-11-13-24(41)14-12-22)40(3)34(38)33(43)32-28(51-40)18-27(48-36(32)45)23-8-7-17-42-20-23/h5-14,17-18,20,29-31,33-34,37,43H,15-16,19,21H2,1-4H3/t29?,30-,31-,33-,34?,37+,38-,39?,40+/m0/s1. The molecule has 3 fully saturated rings. The first-order valence-corrected chi connectivity index (χ1v) is 17.3. The zero-order valence-corrected chi connectivity index (χ0v) is 28.8. The average molecular weight is 698 g/mol. The van der Waals surface area contributed by atoms with Crippen LogP contribution in [0.1, 0.15) is 73.9 Å². The lowest BCUT2D eigenvalue weighted by Gasteiger charge is -2.67. The fourth-order valence-corrected chi connectivity index (χ4v) is 9.66. The number of methoxy groups -OCH3 is 1. The third kappa shape index (κ3) is 5.27. The maximum absolute atomic E-state index is 13.8. The van der Waals surface area contributed by atoms with Gasteiger partial charge in [-0.2, -0.15) is 0 Å². The fourth-order valence-electron chi connectivity index (χ4n) is 9.66. The first kappa shape index (κ1) is 33.6. The van der Waals surface area contributed by atoms with Gasteiger partial charge in [0.15, 0.2) is 6.29 Å². The summed E-state index contributed by atoms with van der Waals surface area (Å²) in [7, 11) is 1.61. The highest BCUT2D eigenvalue weighted by Crippen LogP contribution is 2.68. The highest BCUT2D eigenvalue weighted by Gasteiger charge is 2.71. The summed E-state index contributed by atoms with van der Waals surface area (Å²) in [5, 5.41) is 12.4. The van der Waals surface area contributed by atoms with E-state index in [9.17, 15) is 19.1 Å². The van der Waals surface area contributed by atoms with Crippen LogP contribution in [-0.4, -0.2) is 47.6 Å². The van der Waals surface area contributed by atoms with Gasteiger partial charge in [-0.25, -0.2) is 14.0 Å². The molecule has 2 aliphatic heterocycles. The van der Waals surface area contributed by atoms with Crippen LogP contribution in [0.15, 0.2) is 88.3 Å². The molecule has 1 saturated heterocycles. The Balaban J connectivity index is 1.20. The molecule has 2 saturated carbocycles. The third-order valence-electron chi connectivity index (χ3n) is 12.1. The number of esters is 1. The number of halogens is 1. The normalized spacial score (nSPS) is 33.8. The van der Waals surface area contributed by atoms with Crippen LogP contribution in [0.2, 0.25) is 0 Å². The molecular formula is C40H40FNO9. The maximum atomic E-state index is 13.8. The van der Waals surface area contributed by atoms with Gasteiger partial charge in [-0.1, -0.05) is 32.0 Å². The van der Waals surface area contributed by atoms with Crippen molar-refractivity contribution in [3.05, 3.63) is 112 Å². The molecule has 2 aromatic carbocycles. The van der Waals surface area contributed by atoms with E-state index >= 15 is 0 Å². The molecule has 3 unspecified atom stereocenters. The first-order valence-electron chi connectivity index (χ1n) is 17.3. The van der Waals surface area contributed by atoms with Gasteiger partial charge < -0.3 is 33.2 Å². The number of pyridine rings is 1. The van der Waals surface area contributed by atoms with Crippen molar-refractivity contribution in [2.24, 2.45) is 22.7 Å². The molecule has 0 radical (unpaired) electrons. The molecule has 1 N–H and O–H groups in total. The summed E-state index contributed by atoms with van der Waals surface area (Å²) >= 11 is 0. The van der Waals surface area contributed by atoms with Gasteiger partial charge in [0.25, 0.3) is 0 Å². The average Bonchev–Trinajstić information content (AvgIpc) is 3.12. The number of aliphatic hydroxyl groups is 1. The molecule has 4 aliphatic rings. The minimum atomic E-state index is -1.32. The van der Waals surface area contributed by atoms with Crippen LogP contribution in [-0.2, 0) is 14.2 Å². The Morgan fingerprint density at radius 1 is 1.04 bits per heavy atom. The lowest BCUT2D eigenvalue weighted by molar-refractivity contribution is -0.330. The van der Waals surface area contributed by atoms with Gasteiger partial charge in [-0.15, -0.1) is 0 Å². The number of para-hydroxylation sites is 1. The zero-order valence-electron chi connectivity index (χ0n) is 28.8. The lowest BCUT2D eigenvalue weighted by atomic mass is 9.42. The number of ether oxygens (including phenoxy) is 5. The molecule has 0 spiro atoms. The summed E-state index contributed by atoms with van der Waals surface area (Å²) in [5.74, 6) is -0.997. The summed E-state index contributed by atoms with van der Waals surface area (Å²) in [6.07, 6.45) is 1.73. The third-order valence-corrected chi connectivity index (χ3v) is 12.1. The number of aromatic nitrogens is 1. The summed E-state index contributed by atoms with van der Waals surface area (Å²) in [5.41, 5.74) is -1.65. The fraction of sp³-hybridized carbons (Fsp3) is 0.425. The van der Waals surface area contributed by atoms with Crippen LogP contribution in [0.3, 0.4) is 0 Å². The number of carbonyl (C=O) groups is 1. The van der Waals surface area contributed by atoms with Crippen LogP contribution in [0.5, 0.6) is 11.5 Å². The van der Waals surface area contributed by atoms with Gasteiger partial charge in [-0.05, 0) is 80.0 Å². The molecule has 51 heavy (non-hydrogen) atoms. The van der Waals surface area contributed by atoms with Crippen molar-refractivity contribution in [3.63, 3.8) is 0 Å². The van der Waals surface area contributed by atoms with Crippen molar-refractivity contribution >= 4 is 5.97 Å². The number of hydrogen-bond acceptors (Lipinski definition) is 10. The van der Waals surface area contributed by atoms with E-state index in [0.717, 1.165) is 5.56 Å². The minimum absolute atomic E-state index is 0.0234. The van der Waals surface area contributed by atoms with E-state index < -0.39 is 58.3 Å². The number of fused-ring (bicyclic) bond motifs is 6. The van der Waals surface area contributed by atoms with Crippen molar-refractivity contribution in [1.82, 2.24) is 4.98 Å². The van der Waals surface area contributed by atoms with Gasteiger partial charge in [0.1, 0.15) is 40.3 Å². The van der Waals surface area contributed by atoms with E-state index in [1.54, 1.807) is 37.7 Å². The van der Waals surface area contributed by atoms with Gasteiger partial charge in [0, 0.05) is 40.9 Å². The van der Waals surface area contributed by atoms with E-state index in [4.69, 9.17) is 28.1 Å². The van der Waals surface area contributed by atoms with Gasteiger partial charge in [0.2, 0.25) is 0 Å². The van der Waals surface area contributed by atoms with E-state index in [-0.39, 0.29) is 34.7 Å². The predicted octanol–water partition coefficient (Wildman–Crippen LogP) is 6.82. The molecule has 0 bridgehead atoms. The molecule has 2 aromatic heterocycles. The Labute approximate surface area is 294 Å². The van der Waals surface area contributed by atoms with E-state index in [2.05, 4.69) is 18.8 Å². The summed E-state index contributed by atoms with van der Waals surface area (Å²) in [4.78, 5) is 31.6. The van der Waals surface area contributed by atoms with Gasteiger partial charge in [0.05, 0.1) is 31.5 Å². The summed E-state index contributed by atoms with van der Waals surface area (Å²) in [6.45, 7) is 6.41. The highest BCUT2D eigenvalue weighted by atomic mass is 19.1. The second kappa shape index (κ2) is 12.3. The van der Waals surface area contributed by atoms with Crippen molar-refractivity contribution < 1.29 is 42.4 Å². The molecule has 4 heterocycles. The second-order valence-electron chi connectivity index (χ2n) is 14.9. The maximum Gasteiger partial charge on any atom is 0.345 e. The zero-order chi connectivity index (χ0) is 35.7. The monoisotopic (exact) mass is 697 g/mol. The molecule has 8 rings (SSSR count). The van der Waals surface area contributed by atoms with Crippen LogP contribution in [0.4, 0.5) is 4.39 Å². The molecule has 2 aliphatic carbocycles. The predicted molar refractivity (Wildman–Crippen MR) is 181 cm³/mol. The minimum Gasteiger partial charge on any atom is -0.496 e. The molecule has 10 nitrogen and oxygen atoms in total. The van der Waals surface area contributed by atoms with E-state index in [1.807, 2.05) is 31.2 Å². The van der Waals surface area contributed by atoms with Crippen molar-refractivity contribution in [2.45, 2.75) is 70.2 Å². The topological polar surface area (TPSA) is 127 Å². The molecule has 4 aromatic rings. The lowest BCUT2D eigenvalue weighted by Crippen LogP contribution is -2.71. The Bertz CT molecular complexity index is 2020. The molecule has 9 atom stereocenters. The molecule has 266 valence electrons. The molecular weight excluding hydrogens is 657 g/mol. The molecule has 11 heteroatoms. The van der Waals surface area contributed by atoms with Crippen LogP contribution >= 0.6 is 0 Å². The second-order valence-corrected chi connectivity index (χ2v) is 14.9. The number of aliphatic hydroxyl groups excluding tert-OH is 1. The SMILES string of the molecule is COc1ccccc1[C@@H]1OCC2(C)C3C[C@H](OC(=O)c4ccc(F)cc4)[C@@]4(C)Oc5cc(-c6cccnc6)oc(=O)c5[C@H](O)C4[C@@]3(C)CC[C@@H]2O1. The highest BCUT2D eigenvalue weighted by molar-refractivity contribution is 5.89. The number of carbonyl (C=O) groups excluding carboxylic acids is 1. The Morgan fingerprint density at radius 2 is 1.82 bits per heavy atom. The van der Waals surface area contributed by atoms with Crippen LogP contribution < -0.4 is 15.1 Å². The van der Waals surface area contributed by atoms with Crippen molar-refractivity contribution in [3.8, 4) is 22.8 Å². The van der Waals surface area contributed by atoms with Crippen molar-refractivity contribution in [2.75, 3.05) is 13.7 Å². The van der Waals surface area contributed by atoms with Crippen molar-refractivity contribution in [1.29, 1.82) is 0 Å². The van der Waals surface area contributed by atoms with Gasteiger partial charge in [-0.3, -0.25) is 4.98 Å². The summed E-state index contributed by atoms with van der Waals surface area (Å²) < 4.78 is 51.5. The Hall–Kier alpha value is -4.58.